The number of hydrogen-bond acceptors (Lipinski definition) is 1. The summed E-state index contributed by atoms with van der Waals surface area (Å²) in [6, 6.07) is 0. The molecule has 0 aromatic heterocycles. The first-order valence-corrected chi connectivity index (χ1v) is 2.60. The van der Waals surface area contributed by atoms with E-state index in [-0.39, 0.29) is 54.6 Å². The molecule has 0 saturated carbocycles. The second kappa shape index (κ2) is 17.6. The van der Waals surface area contributed by atoms with Crippen molar-refractivity contribution in [3.8, 4) is 0 Å². The van der Waals surface area contributed by atoms with Crippen LogP contribution in [0, 0.1) is 0 Å². The standard InChI is InChI=1S/2Cd.SSe/c;;1-2. The minimum absolute atomic E-state index is 0. The molecule has 0 atom stereocenters. The number of rotatable bonds is 0. The first-order chi connectivity index (χ1) is 1.00. The van der Waals surface area contributed by atoms with Gasteiger partial charge in [0.1, 0.15) is 0 Å². The Kier molecular flexibility index (Phi) is 70.2. The maximum Gasteiger partial charge on any atom is 0 e. The fraction of sp³-hybridized carbons (Fsp3) is 0. The van der Waals surface area contributed by atoms with Gasteiger partial charge < -0.3 is 0 Å². The summed E-state index contributed by atoms with van der Waals surface area (Å²) < 4.78 is 0. The van der Waals surface area contributed by atoms with Crippen LogP contribution in [0.15, 0.2) is 0 Å². The summed E-state index contributed by atoms with van der Waals surface area (Å²) in [4.78, 5) is 0. The van der Waals surface area contributed by atoms with E-state index in [1.165, 1.54) is 0 Å². The summed E-state index contributed by atoms with van der Waals surface area (Å²) in [5, 5.41) is 0. The fourth-order valence-electron chi connectivity index (χ4n) is 0. The molecule has 0 bridgehead atoms. The predicted octanol–water partition coefficient (Wildman–Crippen LogP) is 0.262. The van der Waals surface area contributed by atoms with Crippen LogP contribution in [0.3, 0.4) is 0 Å². The van der Waals surface area contributed by atoms with Crippen LogP contribution in [0.1, 0.15) is 0 Å². The van der Waals surface area contributed by atoms with Gasteiger partial charge in [-0.05, 0) is 0 Å². The Morgan fingerprint density at radius 3 is 1.00 bits per heavy atom. The second-order valence-corrected chi connectivity index (χ2v) is 0. The molecule has 0 aromatic rings. The molecule has 0 N–H and O–H groups in total. The molecular weight excluding hydrogens is 336 g/mol. The summed E-state index contributed by atoms with van der Waals surface area (Å²) in [7, 11) is 3.96. The Balaban J connectivity index is -0.00000000500. The van der Waals surface area contributed by atoms with E-state index in [0.717, 1.165) is 0 Å². The zero-order valence-corrected chi connectivity index (χ0v) is 12.8. The molecule has 0 heterocycles. The van der Waals surface area contributed by atoms with Crippen molar-refractivity contribution in [2.75, 3.05) is 0 Å². The summed E-state index contributed by atoms with van der Waals surface area (Å²) in [6.45, 7) is 0. The molecule has 0 nitrogen and oxygen atoms in total. The predicted molar refractivity (Wildman–Crippen MR) is 13.3 cm³/mol. The molecular formula is Cd2SSe. The molecule has 0 unspecified atom stereocenters. The summed E-state index contributed by atoms with van der Waals surface area (Å²) in [5.74, 6) is 0. The second-order valence-electron chi connectivity index (χ2n) is 0. The van der Waals surface area contributed by atoms with Crippen LogP contribution in [0.4, 0.5) is 0 Å². The quantitative estimate of drug-likeness (QED) is 0.572. The van der Waals surface area contributed by atoms with Gasteiger partial charge in [-0.3, -0.25) is 0 Å². The minimum atomic E-state index is 0. The Labute approximate surface area is 78.1 Å². The molecule has 4 heteroatoms. The van der Waals surface area contributed by atoms with Gasteiger partial charge in [0, 0.05) is 54.6 Å². The van der Waals surface area contributed by atoms with Gasteiger partial charge in [-0.15, -0.1) is 0 Å². The van der Waals surface area contributed by atoms with Crippen LogP contribution in [0.2, 0.25) is 0 Å². The molecule has 0 saturated heterocycles. The average molecular weight is 336 g/mol. The van der Waals surface area contributed by atoms with E-state index in [1.807, 2.05) is 0 Å². The van der Waals surface area contributed by atoms with Crippen molar-refractivity contribution in [2.24, 2.45) is 0 Å². The molecule has 0 fully saturated rings. The number of hydrogen-bond donors (Lipinski definition) is 0. The summed E-state index contributed by atoms with van der Waals surface area (Å²) >= 11 is 2.21. The van der Waals surface area contributed by atoms with Crippen molar-refractivity contribution < 1.29 is 54.6 Å². The smallest absolute Gasteiger partial charge is 0 e. The van der Waals surface area contributed by atoms with Crippen LogP contribution < -0.4 is 0 Å². The summed E-state index contributed by atoms with van der Waals surface area (Å²) in [5.41, 5.74) is 0. The van der Waals surface area contributed by atoms with Crippen LogP contribution in [-0.4, -0.2) is 14.4 Å². The molecule has 0 amide bonds. The van der Waals surface area contributed by atoms with Crippen LogP contribution in [0.25, 0.3) is 0 Å². The van der Waals surface area contributed by atoms with Crippen molar-refractivity contribution in [1.82, 2.24) is 0 Å². The van der Waals surface area contributed by atoms with Crippen LogP contribution in [0.5, 0.6) is 0 Å². The SMILES string of the molecule is S=[Se].[Cd].[Cd]. The maximum absolute atomic E-state index is 3.96. The Bertz CT molecular complexity index is 6.00. The Morgan fingerprint density at radius 1 is 1.00 bits per heavy atom. The van der Waals surface area contributed by atoms with Crippen molar-refractivity contribution in [1.29, 1.82) is 0 Å². The molecule has 0 aliphatic carbocycles. The molecule has 16 valence electrons. The monoisotopic (exact) mass is 340 g/mol. The largest absolute Gasteiger partial charge is 0 e. The van der Waals surface area contributed by atoms with E-state index in [1.54, 1.807) is 0 Å². The summed E-state index contributed by atoms with van der Waals surface area (Å²) in [6.07, 6.45) is 0. The molecule has 0 aromatic carbocycles. The molecule has 0 spiro atoms. The van der Waals surface area contributed by atoms with E-state index < -0.39 is 0 Å². The normalized spacial score (nSPS) is 1.00. The zero-order valence-electron chi connectivity index (χ0n) is 2.23. The molecule has 0 radical (unpaired) electrons. The minimum Gasteiger partial charge on any atom is 0 e. The van der Waals surface area contributed by atoms with Gasteiger partial charge in [0.15, 0.2) is 0 Å². The zero-order chi connectivity index (χ0) is 2.00. The van der Waals surface area contributed by atoms with Gasteiger partial charge in [-0.2, -0.15) is 0 Å². The maximum atomic E-state index is 3.96. The third kappa shape index (κ3) is 8.82. The van der Waals surface area contributed by atoms with Gasteiger partial charge in [-0.1, -0.05) is 0 Å². The van der Waals surface area contributed by atoms with Crippen LogP contribution in [-0.2, 0) is 54.6 Å². The third-order valence-corrected chi connectivity index (χ3v) is 0. The topological polar surface area (TPSA) is 0 Å². The van der Waals surface area contributed by atoms with Gasteiger partial charge in [0.25, 0.3) is 0 Å². The average Bonchev–Trinajstić information content (AvgIpc) is 1.00. The van der Waals surface area contributed by atoms with Crippen molar-refractivity contribution in [3.05, 3.63) is 0 Å². The van der Waals surface area contributed by atoms with E-state index in [4.69, 9.17) is 0 Å². The molecule has 4 heavy (non-hydrogen) atoms. The van der Waals surface area contributed by atoms with E-state index in [9.17, 15) is 0 Å². The first kappa shape index (κ1) is 16.0. The van der Waals surface area contributed by atoms with Crippen molar-refractivity contribution in [2.45, 2.75) is 0 Å². The molecule has 0 aliphatic rings. The van der Waals surface area contributed by atoms with E-state index in [0.29, 0.717) is 0 Å². The molecule has 0 aliphatic heterocycles. The van der Waals surface area contributed by atoms with Gasteiger partial charge >= 0.3 is 24.9 Å². The Morgan fingerprint density at radius 2 is 1.00 bits per heavy atom. The van der Waals surface area contributed by atoms with E-state index >= 15 is 0 Å². The van der Waals surface area contributed by atoms with Crippen LogP contribution >= 0.6 is 10.6 Å². The van der Waals surface area contributed by atoms with Crippen molar-refractivity contribution >= 4 is 24.9 Å². The van der Waals surface area contributed by atoms with Gasteiger partial charge in [0.05, 0.1) is 0 Å². The van der Waals surface area contributed by atoms with E-state index in [2.05, 4.69) is 24.9 Å². The first-order valence-electron chi connectivity index (χ1n) is 0.167. The molecule has 0 rings (SSSR count). The van der Waals surface area contributed by atoms with Crippen molar-refractivity contribution in [3.63, 3.8) is 0 Å². The van der Waals surface area contributed by atoms with Gasteiger partial charge in [0.2, 0.25) is 0 Å². The Hall–Kier alpha value is 2.58. The third-order valence-electron chi connectivity index (χ3n) is 0. The van der Waals surface area contributed by atoms with Gasteiger partial charge in [-0.25, -0.2) is 0 Å². The fourth-order valence-corrected chi connectivity index (χ4v) is 0.